The van der Waals surface area contributed by atoms with Crippen LogP contribution in [0.2, 0.25) is 5.02 Å². The van der Waals surface area contributed by atoms with Crippen LogP contribution in [0, 0.1) is 5.41 Å². The molecule has 1 aromatic heterocycles. The molecule has 0 aliphatic heterocycles. The Hall–Kier alpha value is -1.65. The molecule has 2 unspecified atom stereocenters. The van der Waals surface area contributed by atoms with Crippen molar-refractivity contribution in [2.45, 2.75) is 39.8 Å². The molecule has 1 aromatic carbocycles. The summed E-state index contributed by atoms with van der Waals surface area (Å²) in [6, 6.07) is 5.12. The molecule has 1 heterocycles. The highest BCUT2D eigenvalue weighted by Crippen LogP contribution is 2.37. The van der Waals surface area contributed by atoms with Crippen molar-refractivity contribution in [2.24, 2.45) is 5.41 Å². The Morgan fingerprint density at radius 2 is 1.86 bits per heavy atom. The Bertz CT molecular complexity index is 783. The molecule has 0 amide bonds. The third-order valence-electron chi connectivity index (χ3n) is 3.95. The minimum atomic E-state index is -0.638. The third kappa shape index (κ3) is 2.69. The van der Waals surface area contributed by atoms with Gasteiger partial charge in [0.2, 0.25) is 0 Å². The molecule has 1 N–H and O–H groups in total. The second-order valence-electron chi connectivity index (χ2n) is 6.85. The molecule has 0 bridgehead atoms. The van der Waals surface area contributed by atoms with Gasteiger partial charge in [-0.25, -0.2) is 0 Å². The van der Waals surface area contributed by atoms with Gasteiger partial charge < -0.3 is 5.11 Å². The third-order valence-corrected chi connectivity index (χ3v) is 4.18. The summed E-state index contributed by atoms with van der Waals surface area (Å²) in [5.41, 5.74) is 3.51. The Morgan fingerprint density at radius 3 is 2.55 bits per heavy atom. The topological polar surface area (TPSA) is 50.9 Å². The van der Waals surface area contributed by atoms with Crippen LogP contribution in [-0.4, -0.2) is 26.2 Å². The van der Waals surface area contributed by atoms with Gasteiger partial charge in [-0.15, -0.1) is 0 Å². The summed E-state index contributed by atoms with van der Waals surface area (Å²) in [6.07, 6.45) is 3.42. The fourth-order valence-corrected chi connectivity index (χ4v) is 2.98. The predicted octanol–water partition coefficient (Wildman–Crippen LogP) is 3.92. The van der Waals surface area contributed by atoms with Crippen LogP contribution in [0.3, 0.4) is 0 Å². The number of rotatable bonds is 1. The van der Waals surface area contributed by atoms with E-state index in [-0.39, 0.29) is 11.5 Å². The SMILES string of the molecule is CC1=CC(n2nc3ccc(Cl)cc3n2)C(O)C(C(C)(C)C)=C1. The molecule has 22 heavy (non-hydrogen) atoms. The Balaban J connectivity index is 2.05. The van der Waals surface area contributed by atoms with E-state index in [0.717, 1.165) is 22.2 Å². The van der Waals surface area contributed by atoms with Crippen molar-refractivity contribution < 1.29 is 5.11 Å². The number of aliphatic hydroxyl groups is 1. The summed E-state index contributed by atoms with van der Waals surface area (Å²) in [4.78, 5) is 1.59. The first kappa shape index (κ1) is 15.3. The molecule has 5 heteroatoms. The number of nitrogens with zero attached hydrogens (tertiary/aromatic N) is 3. The fourth-order valence-electron chi connectivity index (χ4n) is 2.81. The molecule has 4 nitrogen and oxygen atoms in total. The second kappa shape index (κ2) is 5.21. The van der Waals surface area contributed by atoms with E-state index in [9.17, 15) is 5.11 Å². The van der Waals surface area contributed by atoms with Gasteiger partial charge in [-0.2, -0.15) is 15.0 Å². The van der Waals surface area contributed by atoms with Crippen molar-refractivity contribution in [1.82, 2.24) is 15.0 Å². The molecule has 0 spiro atoms. The van der Waals surface area contributed by atoms with Gasteiger partial charge in [-0.3, -0.25) is 0 Å². The molecule has 1 aliphatic carbocycles. The first-order chi connectivity index (χ1) is 10.3. The molecule has 0 radical (unpaired) electrons. The molecule has 2 aromatic rings. The van der Waals surface area contributed by atoms with Crippen LogP contribution in [0.15, 0.2) is 41.5 Å². The van der Waals surface area contributed by atoms with Crippen LogP contribution in [0.1, 0.15) is 33.7 Å². The van der Waals surface area contributed by atoms with Crippen LogP contribution in [-0.2, 0) is 0 Å². The van der Waals surface area contributed by atoms with Gasteiger partial charge in [-0.05, 0) is 36.1 Å². The van der Waals surface area contributed by atoms with E-state index < -0.39 is 6.10 Å². The molecule has 0 fully saturated rings. The lowest BCUT2D eigenvalue weighted by atomic mass is 9.77. The average molecular weight is 318 g/mol. The second-order valence-corrected chi connectivity index (χ2v) is 7.29. The van der Waals surface area contributed by atoms with Crippen LogP contribution >= 0.6 is 11.6 Å². The van der Waals surface area contributed by atoms with Crippen LogP contribution in [0.25, 0.3) is 11.0 Å². The Kier molecular flexibility index (Phi) is 3.62. The molecule has 1 aliphatic rings. The van der Waals surface area contributed by atoms with Crippen molar-refractivity contribution in [3.8, 4) is 0 Å². The van der Waals surface area contributed by atoms with E-state index in [2.05, 4.69) is 37.0 Å². The molecular formula is C17H20ClN3O. The monoisotopic (exact) mass is 317 g/mol. The molecule has 3 rings (SSSR count). The molecule has 0 saturated carbocycles. The number of aliphatic hydroxyl groups excluding tert-OH is 1. The Morgan fingerprint density at radius 1 is 1.18 bits per heavy atom. The van der Waals surface area contributed by atoms with Crippen molar-refractivity contribution in [1.29, 1.82) is 0 Å². The highest BCUT2D eigenvalue weighted by molar-refractivity contribution is 6.31. The standard InChI is InChI=1S/C17H20ClN3O/c1-10-7-12(17(2,3)4)16(22)15(8-10)21-19-13-6-5-11(18)9-14(13)20-21/h5-9,15-16,22H,1-4H3. The number of hydrogen-bond donors (Lipinski definition) is 1. The van der Waals surface area contributed by atoms with Crippen molar-refractivity contribution in [3.05, 3.63) is 46.5 Å². The van der Waals surface area contributed by atoms with Crippen LogP contribution in [0.5, 0.6) is 0 Å². The predicted molar refractivity (Wildman–Crippen MR) is 88.9 cm³/mol. The lowest BCUT2D eigenvalue weighted by Gasteiger charge is -2.33. The molecular weight excluding hydrogens is 298 g/mol. The number of hydrogen-bond acceptors (Lipinski definition) is 3. The van der Waals surface area contributed by atoms with E-state index in [4.69, 9.17) is 11.6 Å². The summed E-state index contributed by atoms with van der Waals surface area (Å²) >= 11 is 6.00. The normalized spacial score (nSPS) is 22.6. The summed E-state index contributed by atoms with van der Waals surface area (Å²) in [5.74, 6) is 0. The van der Waals surface area contributed by atoms with Gasteiger partial charge in [-0.1, -0.05) is 50.1 Å². The molecule has 0 saturated heterocycles. The summed E-state index contributed by atoms with van der Waals surface area (Å²) < 4.78 is 0. The van der Waals surface area contributed by atoms with Gasteiger partial charge >= 0.3 is 0 Å². The number of allylic oxidation sites excluding steroid dienone is 2. The maximum absolute atomic E-state index is 10.8. The van der Waals surface area contributed by atoms with Crippen molar-refractivity contribution in [2.75, 3.05) is 0 Å². The first-order valence-corrected chi connectivity index (χ1v) is 7.74. The highest BCUT2D eigenvalue weighted by Gasteiger charge is 2.33. The quantitative estimate of drug-likeness (QED) is 0.867. The summed E-state index contributed by atoms with van der Waals surface area (Å²) in [7, 11) is 0. The number of aromatic nitrogens is 3. The van der Waals surface area contributed by atoms with Crippen molar-refractivity contribution in [3.63, 3.8) is 0 Å². The van der Waals surface area contributed by atoms with E-state index in [0.29, 0.717) is 5.02 Å². The minimum absolute atomic E-state index is 0.108. The molecule has 116 valence electrons. The highest BCUT2D eigenvalue weighted by atomic mass is 35.5. The van der Waals surface area contributed by atoms with Crippen molar-refractivity contribution >= 4 is 22.6 Å². The minimum Gasteiger partial charge on any atom is -0.386 e. The maximum Gasteiger partial charge on any atom is 0.120 e. The number of fused-ring (bicyclic) bond motifs is 1. The Labute approximate surface area is 135 Å². The largest absolute Gasteiger partial charge is 0.386 e. The van der Waals surface area contributed by atoms with Gasteiger partial charge in [0.15, 0.2) is 0 Å². The number of benzene rings is 1. The smallest absolute Gasteiger partial charge is 0.120 e. The summed E-state index contributed by atoms with van der Waals surface area (Å²) in [5, 5.41) is 20.4. The van der Waals surface area contributed by atoms with Gasteiger partial charge in [0.05, 0.1) is 0 Å². The van der Waals surface area contributed by atoms with E-state index >= 15 is 0 Å². The van der Waals surface area contributed by atoms with Crippen LogP contribution < -0.4 is 0 Å². The van der Waals surface area contributed by atoms with Gasteiger partial charge in [0.1, 0.15) is 23.2 Å². The summed E-state index contributed by atoms with van der Waals surface area (Å²) in [6.45, 7) is 8.34. The number of halogens is 1. The van der Waals surface area contributed by atoms with Crippen LogP contribution in [0.4, 0.5) is 0 Å². The zero-order chi connectivity index (χ0) is 16.1. The van der Waals surface area contributed by atoms with Gasteiger partial charge in [0.25, 0.3) is 0 Å². The lowest BCUT2D eigenvalue weighted by molar-refractivity contribution is 0.131. The average Bonchev–Trinajstić information content (AvgIpc) is 2.82. The van der Waals surface area contributed by atoms with Gasteiger partial charge in [0, 0.05) is 5.02 Å². The lowest BCUT2D eigenvalue weighted by Crippen LogP contribution is -2.33. The molecule has 2 atom stereocenters. The van der Waals surface area contributed by atoms with E-state index in [1.807, 2.05) is 19.1 Å². The van der Waals surface area contributed by atoms with E-state index in [1.165, 1.54) is 0 Å². The maximum atomic E-state index is 10.8. The zero-order valence-corrected chi connectivity index (χ0v) is 14.0. The fraction of sp³-hybridized carbons (Fsp3) is 0.412. The van der Waals surface area contributed by atoms with E-state index in [1.54, 1.807) is 16.9 Å². The first-order valence-electron chi connectivity index (χ1n) is 7.36. The zero-order valence-electron chi connectivity index (χ0n) is 13.2.